The van der Waals surface area contributed by atoms with Crippen molar-refractivity contribution in [1.29, 1.82) is 0 Å². The Hall–Kier alpha value is -2.37. The minimum absolute atomic E-state index is 0.128. The van der Waals surface area contributed by atoms with E-state index in [-0.39, 0.29) is 17.9 Å². The first kappa shape index (κ1) is 20.9. The van der Waals surface area contributed by atoms with Gasteiger partial charge in [-0.1, -0.05) is 42.5 Å². The van der Waals surface area contributed by atoms with Crippen molar-refractivity contribution in [2.75, 3.05) is 26.2 Å². The Kier molecular flexibility index (Phi) is 7.38. The highest BCUT2D eigenvalue weighted by Gasteiger charge is 2.26. The molecule has 4 rings (SSSR count). The van der Waals surface area contributed by atoms with Crippen LogP contribution in [0.2, 0.25) is 0 Å². The molecule has 2 heterocycles. The van der Waals surface area contributed by atoms with Crippen molar-refractivity contribution in [3.63, 3.8) is 0 Å². The van der Waals surface area contributed by atoms with Gasteiger partial charge in [-0.25, -0.2) is 0 Å². The van der Waals surface area contributed by atoms with Crippen molar-refractivity contribution in [3.05, 3.63) is 65.7 Å². The molecular weight excluding hydrogens is 376 g/mol. The highest BCUT2D eigenvalue weighted by atomic mass is 16.5. The SMILES string of the molecule is O=C(NCC1CCCO1)C1CCN(Cc2cccc(OCc3ccccc3)c2)CC1. The zero-order valence-electron chi connectivity index (χ0n) is 17.6. The molecule has 0 spiro atoms. The predicted octanol–water partition coefficient (Wildman–Crippen LogP) is 3.77. The summed E-state index contributed by atoms with van der Waals surface area (Å²) in [5, 5.41) is 3.09. The smallest absolute Gasteiger partial charge is 0.223 e. The van der Waals surface area contributed by atoms with Crippen LogP contribution in [0.25, 0.3) is 0 Å². The van der Waals surface area contributed by atoms with Crippen LogP contribution in [0.5, 0.6) is 5.75 Å². The zero-order valence-corrected chi connectivity index (χ0v) is 17.6. The molecule has 1 amide bonds. The molecule has 2 aromatic rings. The van der Waals surface area contributed by atoms with Gasteiger partial charge in [0.15, 0.2) is 0 Å². The summed E-state index contributed by atoms with van der Waals surface area (Å²) in [5.41, 5.74) is 2.42. The van der Waals surface area contributed by atoms with E-state index >= 15 is 0 Å². The van der Waals surface area contributed by atoms with E-state index in [1.807, 2.05) is 24.3 Å². The number of piperidine rings is 1. The van der Waals surface area contributed by atoms with Crippen LogP contribution in [-0.4, -0.2) is 43.2 Å². The van der Waals surface area contributed by atoms with Gasteiger partial charge in [-0.3, -0.25) is 9.69 Å². The normalized spacial score (nSPS) is 20.2. The lowest BCUT2D eigenvalue weighted by Crippen LogP contribution is -2.42. The maximum atomic E-state index is 12.5. The maximum absolute atomic E-state index is 12.5. The monoisotopic (exact) mass is 408 g/mol. The van der Waals surface area contributed by atoms with Crippen molar-refractivity contribution in [3.8, 4) is 5.75 Å². The molecule has 1 N–H and O–H groups in total. The average molecular weight is 409 g/mol. The fourth-order valence-corrected chi connectivity index (χ4v) is 4.25. The van der Waals surface area contributed by atoms with E-state index in [0.717, 1.165) is 57.7 Å². The van der Waals surface area contributed by atoms with E-state index in [1.165, 1.54) is 11.1 Å². The number of carbonyl (C=O) groups is 1. The summed E-state index contributed by atoms with van der Waals surface area (Å²) in [4.78, 5) is 14.9. The van der Waals surface area contributed by atoms with E-state index in [0.29, 0.717) is 13.2 Å². The van der Waals surface area contributed by atoms with Gasteiger partial charge in [-0.15, -0.1) is 0 Å². The van der Waals surface area contributed by atoms with Gasteiger partial charge >= 0.3 is 0 Å². The largest absolute Gasteiger partial charge is 0.489 e. The number of benzene rings is 2. The fourth-order valence-electron chi connectivity index (χ4n) is 4.25. The number of likely N-dealkylation sites (tertiary alicyclic amines) is 1. The van der Waals surface area contributed by atoms with Gasteiger partial charge in [-0.05, 0) is 62.0 Å². The minimum Gasteiger partial charge on any atom is -0.489 e. The second kappa shape index (κ2) is 10.6. The number of rotatable bonds is 8. The van der Waals surface area contributed by atoms with E-state index in [4.69, 9.17) is 9.47 Å². The van der Waals surface area contributed by atoms with Crippen molar-refractivity contribution in [2.45, 2.75) is 44.9 Å². The summed E-state index contributed by atoms with van der Waals surface area (Å²) >= 11 is 0. The summed E-state index contributed by atoms with van der Waals surface area (Å²) in [5.74, 6) is 1.23. The third-order valence-corrected chi connectivity index (χ3v) is 6.04. The first-order chi connectivity index (χ1) is 14.8. The first-order valence-electron chi connectivity index (χ1n) is 11.1. The second-order valence-electron chi connectivity index (χ2n) is 8.35. The van der Waals surface area contributed by atoms with Gasteiger partial charge in [0.2, 0.25) is 5.91 Å². The molecule has 2 aromatic carbocycles. The van der Waals surface area contributed by atoms with Gasteiger partial charge in [0.25, 0.3) is 0 Å². The van der Waals surface area contributed by atoms with Crippen molar-refractivity contribution >= 4 is 5.91 Å². The van der Waals surface area contributed by atoms with Crippen LogP contribution in [0.1, 0.15) is 36.8 Å². The molecule has 2 fully saturated rings. The molecule has 2 aliphatic rings. The number of hydrogen-bond acceptors (Lipinski definition) is 4. The fraction of sp³-hybridized carbons (Fsp3) is 0.480. The standard InChI is InChI=1S/C25H32N2O3/c28-25(26-17-24-10-5-15-29-24)22-11-13-27(14-12-22)18-21-8-4-9-23(16-21)30-19-20-6-2-1-3-7-20/h1-4,6-9,16,22,24H,5,10-15,17-19H2,(H,26,28). The number of nitrogens with one attached hydrogen (secondary N) is 1. The van der Waals surface area contributed by atoms with Gasteiger partial charge < -0.3 is 14.8 Å². The highest BCUT2D eigenvalue weighted by molar-refractivity contribution is 5.78. The van der Waals surface area contributed by atoms with Gasteiger partial charge in [-0.2, -0.15) is 0 Å². The molecule has 0 aromatic heterocycles. The molecule has 30 heavy (non-hydrogen) atoms. The number of nitrogens with zero attached hydrogens (tertiary/aromatic N) is 1. The molecule has 1 unspecified atom stereocenters. The number of amides is 1. The Morgan fingerprint density at radius 3 is 2.60 bits per heavy atom. The van der Waals surface area contributed by atoms with Crippen LogP contribution >= 0.6 is 0 Å². The molecule has 2 aliphatic heterocycles. The van der Waals surface area contributed by atoms with Crippen molar-refractivity contribution in [2.24, 2.45) is 5.92 Å². The lowest BCUT2D eigenvalue weighted by atomic mass is 9.95. The Morgan fingerprint density at radius 1 is 1.03 bits per heavy atom. The summed E-state index contributed by atoms with van der Waals surface area (Å²) in [7, 11) is 0. The summed E-state index contributed by atoms with van der Waals surface area (Å²) < 4.78 is 11.6. The highest BCUT2D eigenvalue weighted by Crippen LogP contribution is 2.22. The van der Waals surface area contributed by atoms with E-state index in [1.54, 1.807) is 0 Å². The molecule has 5 nitrogen and oxygen atoms in total. The average Bonchev–Trinajstić information content (AvgIpc) is 3.31. The Bertz CT molecular complexity index is 797. The molecule has 1 atom stereocenters. The van der Waals surface area contributed by atoms with Crippen LogP contribution < -0.4 is 10.1 Å². The topological polar surface area (TPSA) is 50.8 Å². The molecular formula is C25H32N2O3. The van der Waals surface area contributed by atoms with Crippen LogP contribution in [0.4, 0.5) is 0 Å². The van der Waals surface area contributed by atoms with E-state index < -0.39 is 0 Å². The molecule has 2 saturated heterocycles. The molecule has 0 bridgehead atoms. The predicted molar refractivity (Wildman–Crippen MR) is 117 cm³/mol. The Morgan fingerprint density at radius 2 is 1.83 bits per heavy atom. The second-order valence-corrected chi connectivity index (χ2v) is 8.35. The third kappa shape index (κ3) is 6.07. The number of ether oxygens (including phenoxy) is 2. The van der Waals surface area contributed by atoms with Crippen molar-refractivity contribution < 1.29 is 14.3 Å². The minimum atomic E-state index is 0.128. The third-order valence-electron chi connectivity index (χ3n) is 6.04. The van der Waals surface area contributed by atoms with Crippen LogP contribution in [0.15, 0.2) is 54.6 Å². The summed E-state index contributed by atoms with van der Waals surface area (Å²) in [6, 6.07) is 18.6. The van der Waals surface area contributed by atoms with Crippen molar-refractivity contribution in [1.82, 2.24) is 10.2 Å². The lowest BCUT2D eigenvalue weighted by molar-refractivity contribution is -0.127. The number of hydrogen-bond donors (Lipinski definition) is 1. The maximum Gasteiger partial charge on any atom is 0.223 e. The first-order valence-corrected chi connectivity index (χ1v) is 11.1. The van der Waals surface area contributed by atoms with Crippen LogP contribution in [0, 0.1) is 5.92 Å². The van der Waals surface area contributed by atoms with Gasteiger partial charge in [0, 0.05) is 25.6 Å². The molecule has 5 heteroatoms. The van der Waals surface area contributed by atoms with Gasteiger partial charge in [0.05, 0.1) is 6.10 Å². The summed E-state index contributed by atoms with van der Waals surface area (Å²) in [6.45, 7) is 4.87. The van der Waals surface area contributed by atoms with E-state index in [9.17, 15) is 4.79 Å². The molecule has 0 radical (unpaired) electrons. The quantitative estimate of drug-likeness (QED) is 0.722. The van der Waals surface area contributed by atoms with Crippen LogP contribution in [0.3, 0.4) is 0 Å². The Labute approximate surface area is 179 Å². The van der Waals surface area contributed by atoms with Crippen LogP contribution in [-0.2, 0) is 22.7 Å². The van der Waals surface area contributed by atoms with E-state index in [2.05, 4.69) is 40.5 Å². The lowest BCUT2D eigenvalue weighted by Gasteiger charge is -2.31. The zero-order chi connectivity index (χ0) is 20.6. The summed E-state index contributed by atoms with van der Waals surface area (Å²) in [6.07, 6.45) is 4.22. The molecule has 160 valence electrons. The molecule has 0 aliphatic carbocycles. The molecule has 0 saturated carbocycles. The number of carbonyl (C=O) groups excluding carboxylic acids is 1. The Balaban J connectivity index is 1.20. The van der Waals surface area contributed by atoms with Gasteiger partial charge in [0.1, 0.15) is 12.4 Å².